The SMILES string of the molecule is CCC1CCN(Cc2cc(Br)cc([N+](=O)[O-])c2)C(CN)C1. The molecule has 1 fully saturated rings. The van der Waals surface area contributed by atoms with Crippen LogP contribution in [-0.2, 0) is 6.54 Å². The molecule has 0 bridgehead atoms. The van der Waals surface area contributed by atoms with E-state index in [0.29, 0.717) is 12.6 Å². The van der Waals surface area contributed by atoms with Crippen LogP contribution in [0.4, 0.5) is 5.69 Å². The van der Waals surface area contributed by atoms with Gasteiger partial charge in [0.15, 0.2) is 0 Å². The van der Waals surface area contributed by atoms with E-state index in [0.717, 1.165) is 35.5 Å². The maximum Gasteiger partial charge on any atom is 0.270 e. The average molecular weight is 356 g/mol. The summed E-state index contributed by atoms with van der Waals surface area (Å²) in [4.78, 5) is 13.0. The summed E-state index contributed by atoms with van der Waals surface area (Å²) in [5.74, 6) is 0.756. The molecule has 0 amide bonds. The molecule has 1 saturated heterocycles. The Kier molecular flexibility index (Phi) is 5.72. The molecule has 2 rings (SSSR count). The number of nitro benzene ring substituents is 1. The van der Waals surface area contributed by atoms with Gasteiger partial charge in [0.25, 0.3) is 5.69 Å². The van der Waals surface area contributed by atoms with Crippen molar-refractivity contribution in [2.24, 2.45) is 11.7 Å². The van der Waals surface area contributed by atoms with E-state index in [4.69, 9.17) is 5.73 Å². The Morgan fingerprint density at radius 2 is 2.24 bits per heavy atom. The topological polar surface area (TPSA) is 72.4 Å². The van der Waals surface area contributed by atoms with Gasteiger partial charge in [0.2, 0.25) is 0 Å². The zero-order valence-electron chi connectivity index (χ0n) is 12.3. The summed E-state index contributed by atoms with van der Waals surface area (Å²) < 4.78 is 0.749. The second-order valence-corrected chi connectivity index (χ2v) is 6.65. The van der Waals surface area contributed by atoms with Gasteiger partial charge in [0, 0.05) is 35.7 Å². The second-order valence-electron chi connectivity index (χ2n) is 5.73. The number of nitrogens with two attached hydrogens (primary N) is 1. The minimum Gasteiger partial charge on any atom is -0.329 e. The largest absolute Gasteiger partial charge is 0.329 e. The van der Waals surface area contributed by atoms with Crippen molar-refractivity contribution >= 4 is 21.6 Å². The van der Waals surface area contributed by atoms with Gasteiger partial charge in [0.05, 0.1) is 4.92 Å². The Bertz CT molecular complexity index is 510. The van der Waals surface area contributed by atoms with Gasteiger partial charge >= 0.3 is 0 Å². The van der Waals surface area contributed by atoms with Crippen LogP contribution in [0.25, 0.3) is 0 Å². The third kappa shape index (κ3) is 4.25. The maximum atomic E-state index is 11.0. The van der Waals surface area contributed by atoms with Crippen molar-refractivity contribution in [2.75, 3.05) is 13.1 Å². The molecule has 1 aromatic carbocycles. The molecule has 21 heavy (non-hydrogen) atoms. The average Bonchev–Trinajstić information content (AvgIpc) is 2.47. The molecule has 1 aromatic rings. The zero-order valence-corrected chi connectivity index (χ0v) is 13.9. The third-order valence-electron chi connectivity index (χ3n) is 4.33. The van der Waals surface area contributed by atoms with Crippen LogP contribution in [0, 0.1) is 16.0 Å². The van der Waals surface area contributed by atoms with Gasteiger partial charge in [-0.1, -0.05) is 29.3 Å². The van der Waals surface area contributed by atoms with Crippen LogP contribution in [0.1, 0.15) is 31.7 Å². The highest BCUT2D eigenvalue weighted by Gasteiger charge is 2.26. The van der Waals surface area contributed by atoms with E-state index < -0.39 is 0 Å². The predicted molar refractivity (Wildman–Crippen MR) is 87.1 cm³/mol. The lowest BCUT2D eigenvalue weighted by Crippen LogP contribution is -2.46. The monoisotopic (exact) mass is 355 g/mol. The van der Waals surface area contributed by atoms with Gasteiger partial charge in [-0.25, -0.2) is 0 Å². The fraction of sp³-hybridized carbons (Fsp3) is 0.600. The predicted octanol–water partition coefficient (Wildman–Crippen LogP) is 3.31. The van der Waals surface area contributed by atoms with Crippen molar-refractivity contribution in [1.29, 1.82) is 0 Å². The van der Waals surface area contributed by atoms with Crippen LogP contribution in [0.5, 0.6) is 0 Å². The first-order chi connectivity index (χ1) is 10.0. The quantitative estimate of drug-likeness (QED) is 0.649. The van der Waals surface area contributed by atoms with Crippen LogP contribution in [0.3, 0.4) is 0 Å². The van der Waals surface area contributed by atoms with Gasteiger partial charge in [-0.15, -0.1) is 0 Å². The molecular formula is C15H22BrN3O2. The summed E-state index contributed by atoms with van der Waals surface area (Å²) in [6.07, 6.45) is 3.51. The first kappa shape index (κ1) is 16.4. The van der Waals surface area contributed by atoms with Crippen molar-refractivity contribution < 1.29 is 4.92 Å². The van der Waals surface area contributed by atoms with Gasteiger partial charge in [-0.05, 0) is 36.9 Å². The molecule has 5 nitrogen and oxygen atoms in total. The third-order valence-corrected chi connectivity index (χ3v) is 4.79. The number of hydrogen-bond donors (Lipinski definition) is 1. The fourth-order valence-corrected chi connectivity index (χ4v) is 3.60. The molecule has 6 heteroatoms. The molecule has 0 saturated carbocycles. The Balaban J connectivity index is 2.12. The molecule has 1 aliphatic heterocycles. The van der Waals surface area contributed by atoms with Crippen molar-refractivity contribution in [1.82, 2.24) is 4.90 Å². The summed E-state index contributed by atoms with van der Waals surface area (Å²) in [5.41, 5.74) is 7.01. The van der Waals surface area contributed by atoms with E-state index in [1.54, 1.807) is 6.07 Å². The van der Waals surface area contributed by atoms with E-state index in [1.165, 1.54) is 18.9 Å². The maximum absolute atomic E-state index is 11.0. The highest BCUT2D eigenvalue weighted by molar-refractivity contribution is 9.10. The van der Waals surface area contributed by atoms with Crippen LogP contribution >= 0.6 is 15.9 Å². The van der Waals surface area contributed by atoms with Crippen molar-refractivity contribution in [3.8, 4) is 0 Å². The normalized spacial score (nSPS) is 23.2. The zero-order chi connectivity index (χ0) is 15.4. The van der Waals surface area contributed by atoms with Gasteiger partial charge in [-0.2, -0.15) is 0 Å². The van der Waals surface area contributed by atoms with Gasteiger partial charge in [0.1, 0.15) is 0 Å². The number of nitro groups is 1. The molecule has 116 valence electrons. The molecule has 2 unspecified atom stereocenters. The first-order valence-electron chi connectivity index (χ1n) is 7.41. The summed E-state index contributed by atoms with van der Waals surface area (Å²) in [6, 6.07) is 5.52. The Morgan fingerprint density at radius 3 is 2.86 bits per heavy atom. The van der Waals surface area contributed by atoms with E-state index in [1.807, 2.05) is 6.07 Å². The summed E-state index contributed by atoms with van der Waals surface area (Å²) >= 11 is 3.35. The Hall–Kier alpha value is -0.980. The number of halogens is 1. The molecular weight excluding hydrogens is 334 g/mol. The Morgan fingerprint density at radius 1 is 1.48 bits per heavy atom. The minimum absolute atomic E-state index is 0.132. The molecule has 0 aromatic heterocycles. The van der Waals surface area contributed by atoms with E-state index >= 15 is 0 Å². The molecule has 2 atom stereocenters. The fourth-order valence-electron chi connectivity index (χ4n) is 3.07. The van der Waals surface area contributed by atoms with E-state index in [9.17, 15) is 10.1 Å². The number of non-ortho nitro benzene ring substituents is 1. The minimum atomic E-state index is -0.349. The van der Waals surface area contributed by atoms with Crippen LogP contribution in [0.2, 0.25) is 0 Å². The number of rotatable bonds is 5. The lowest BCUT2D eigenvalue weighted by atomic mass is 9.88. The number of hydrogen-bond acceptors (Lipinski definition) is 4. The summed E-state index contributed by atoms with van der Waals surface area (Å²) in [6.45, 7) is 4.61. The first-order valence-corrected chi connectivity index (χ1v) is 8.20. The van der Waals surface area contributed by atoms with Crippen LogP contribution in [0.15, 0.2) is 22.7 Å². The lowest BCUT2D eigenvalue weighted by Gasteiger charge is -2.38. The Labute approximate surface area is 133 Å². The number of benzene rings is 1. The van der Waals surface area contributed by atoms with E-state index in [-0.39, 0.29) is 10.6 Å². The van der Waals surface area contributed by atoms with Crippen LogP contribution in [-0.4, -0.2) is 29.0 Å². The van der Waals surface area contributed by atoms with Gasteiger partial charge in [-0.3, -0.25) is 15.0 Å². The van der Waals surface area contributed by atoms with Crippen molar-refractivity contribution in [3.05, 3.63) is 38.3 Å². The number of likely N-dealkylation sites (tertiary alicyclic amines) is 1. The molecule has 0 spiro atoms. The molecule has 2 N–H and O–H groups in total. The molecule has 1 heterocycles. The highest BCUT2D eigenvalue weighted by Crippen LogP contribution is 2.28. The molecule has 0 radical (unpaired) electrons. The summed E-state index contributed by atoms with van der Waals surface area (Å²) in [5, 5.41) is 11.0. The lowest BCUT2D eigenvalue weighted by molar-refractivity contribution is -0.385. The molecule has 1 aliphatic rings. The standard InChI is InChI=1S/C15H22BrN3O2/c1-2-11-3-4-18(15(6-11)9-17)10-12-5-13(16)8-14(7-12)19(20)21/h5,7-8,11,15H,2-4,6,9-10,17H2,1H3. The summed E-state index contributed by atoms with van der Waals surface area (Å²) in [7, 11) is 0. The van der Waals surface area contributed by atoms with Crippen molar-refractivity contribution in [2.45, 2.75) is 38.8 Å². The number of nitrogens with zero attached hydrogens (tertiary/aromatic N) is 2. The second kappa shape index (κ2) is 7.33. The van der Waals surface area contributed by atoms with Crippen LogP contribution < -0.4 is 5.73 Å². The highest BCUT2D eigenvalue weighted by atomic mass is 79.9. The molecule has 0 aliphatic carbocycles. The number of piperidine rings is 1. The smallest absolute Gasteiger partial charge is 0.270 e. The van der Waals surface area contributed by atoms with Crippen molar-refractivity contribution in [3.63, 3.8) is 0 Å². The van der Waals surface area contributed by atoms with E-state index in [2.05, 4.69) is 27.8 Å². The van der Waals surface area contributed by atoms with Gasteiger partial charge < -0.3 is 5.73 Å².